The number of thiazole rings is 1. The third kappa shape index (κ3) is 3.31. The number of hydrogen-bond donors (Lipinski definition) is 0. The van der Waals surface area contributed by atoms with Gasteiger partial charge in [-0.3, -0.25) is 9.36 Å². The van der Waals surface area contributed by atoms with Crippen molar-refractivity contribution in [2.45, 2.75) is 19.5 Å². The van der Waals surface area contributed by atoms with Gasteiger partial charge in [0.25, 0.3) is 5.56 Å². The first-order valence-electron chi connectivity index (χ1n) is 6.86. The zero-order valence-corrected chi connectivity index (χ0v) is 14.2. The van der Waals surface area contributed by atoms with E-state index in [0.29, 0.717) is 34.7 Å². The van der Waals surface area contributed by atoms with Gasteiger partial charge in [-0.1, -0.05) is 11.6 Å². The Hall–Kier alpha value is -1.70. The molecule has 0 saturated carbocycles. The highest BCUT2D eigenvalue weighted by Crippen LogP contribution is 2.21. The van der Waals surface area contributed by atoms with Gasteiger partial charge in [-0.15, -0.1) is 22.9 Å². The molecule has 0 spiro atoms. The minimum atomic E-state index is -0.560. The summed E-state index contributed by atoms with van der Waals surface area (Å²) >= 11 is 12.8. The number of hydrogen-bond acceptors (Lipinski definition) is 5. The van der Waals surface area contributed by atoms with Crippen LogP contribution in [0, 0.1) is 0 Å². The molecule has 0 unspecified atom stereocenters. The van der Waals surface area contributed by atoms with Crippen molar-refractivity contribution in [3.05, 3.63) is 54.7 Å². The molecular formula is C14H12Cl2N4O2S. The Labute approximate surface area is 145 Å². The van der Waals surface area contributed by atoms with Crippen molar-refractivity contribution in [1.29, 1.82) is 0 Å². The summed E-state index contributed by atoms with van der Waals surface area (Å²) in [6, 6.07) is 3.42. The van der Waals surface area contributed by atoms with Crippen LogP contribution in [0.25, 0.3) is 11.4 Å². The molecule has 0 N–H and O–H groups in total. The van der Waals surface area contributed by atoms with Gasteiger partial charge in [0, 0.05) is 29.7 Å². The molecule has 23 heavy (non-hydrogen) atoms. The number of fused-ring (bicyclic) bond motifs is 1. The van der Waals surface area contributed by atoms with Crippen LogP contribution in [0.5, 0.6) is 0 Å². The Balaban J connectivity index is 2.08. The van der Waals surface area contributed by atoms with Gasteiger partial charge in [0.1, 0.15) is 0 Å². The van der Waals surface area contributed by atoms with Crippen molar-refractivity contribution >= 4 is 34.5 Å². The fraction of sp³-hybridized carbons (Fsp3) is 0.286. The Kier molecular flexibility index (Phi) is 4.79. The van der Waals surface area contributed by atoms with E-state index in [0.717, 1.165) is 9.44 Å². The first-order valence-corrected chi connectivity index (χ1v) is 8.59. The van der Waals surface area contributed by atoms with E-state index in [2.05, 4.69) is 9.97 Å². The third-order valence-corrected chi connectivity index (χ3v) is 4.68. The van der Waals surface area contributed by atoms with E-state index in [1.807, 2.05) is 0 Å². The van der Waals surface area contributed by atoms with E-state index in [1.54, 1.807) is 29.1 Å². The van der Waals surface area contributed by atoms with Crippen molar-refractivity contribution in [3.63, 3.8) is 0 Å². The predicted octanol–water partition coefficient (Wildman–Crippen LogP) is 2.30. The molecule has 0 saturated heterocycles. The minimum absolute atomic E-state index is 0.267. The highest BCUT2D eigenvalue weighted by Gasteiger charge is 2.17. The molecule has 0 aromatic carbocycles. The minimum Gasteiger partial charge on any atom is -0.327 e. The maximum absolute atomic E-state index is 12.5. The molecule has 9 heteroatoms. The standard InChI is InChI=1S/C14H12Cl2N4O2S/c15-4-2-6-20-12(21)10-3-1-5-19(11(10)18-14(20)22)8-9-7-17-13(16)23-9/h1,3,5,7H,2,4,6,8H2. The van der Waals surface area contributed by atoms with Crippen molar-refractivity contribution in [1.82, 2.24) is 19.1 Å². The van der Waals surface area contributed by atoms with Gasteiger partial charge >= 0.3 is 5.69 Å². The maximum Gasteiger partial charge on any atom is 0.352 e. The number of halogens is 2. The number of nitrogens with zero attached hydrogens (tertiary/aromatic N) is 4. The Bertz CT molecular complexity index is 918. The van der Waals surface area contributed by atoms with Gasteiger partial charge < -0.3 is 4.57 Å². The van der Waals surface area contributed by atoms with E-state index in [1.165, 1.54) is 11.3 Å². The topological polar surface area (TPSA) is 69.8 Å². The summed E-state index contributed by atoms with van der Waals surface area (Å²) in [6.07, 6.45) is 3.97. The quantitative estimate of drug-likeness (QED) is 0.646. The molecule has 120 valence electrons. The largest absolute Gasteiger partial charge is 0.352 e. The second kappa shape index (κ2) is 6.82. The molecule has 2 aliphatic heterocycles. The summed E-state index contributed by atoms with van der Waals surface area (Å²) < 4.78 is 3.31. The maximum atomic E-state index is 12.5. The van der Waals surface area contributed by atoms with Crippen molar-refractivity contribution in [3.8, 4) is 11.4 Å². The molecule has 0 aliphatic carbocycles. The van der Waals surface area contributed by atoms with Crippen LogP contribution in [0.4, 0.5) is 0 Å². The average molecular weight is 371 g/mol. The number of aromatic nitrogens is 4. The van der Waals surface area contributed by atoms with Crippen molar-refractivity contribution in [2.24, 2.45) is 0 Å². The van der Waals surface area contributed by atoms with E-state index < -0.39 is 5.69 Å². The summed E-state index contributed by atoms with van der Waals surface area (Å²) in [6.45, 7) is 0.711. The van der Waals surface area contributed by atoms with Crippen LogP contribution in [0.3, 0.4) is 0 Å². The molecule has 0 amide bonds. The molecule has 6 nitrogen and oxygen atoms in total. The predicted molar refractivity (Wildman–Crippen MR) is 90.9 cm³/mol. The summed E-state index contributed by atoms with van der Waals surface area (Å²) in [5, 5.41) is 0. The molecule has 0 bridgehead atoms. The fourth-order valence-electron chi connectivity index (χ4n) is 2.28. The summed E-state index contributed by atoms with van der Waals surface area (Å²) in [5.41, 5.74) is -0.506. The number of pyridine rings is 1. The lowest BCUT2D eigenvalue weighted by atomic mass is 10.2. The van der Waals surface area contributed by atoms with Gasteiger partial charge in [0.2, 0.25) is 0 Å². The molecule has 3 heterocycles. The summed E-state index contributed by atoms with van der Waals surface area (Å²) in [7, 11) is 0. The van der Waals surface area contributed by atoms with Crippen molar-refractivity contribution < 1.29 is 0 Å². The summed E-state index contributed by atoms with van der Waals surface area (Å²) in [4.78, 5) is 33.6. The second-order valence-electron chi connectivity index (χ2n) is 4.85. The van der Waals surface area contributed by atoms with Crippen LogP contribution in [-0.2, 0) is 13.1 Å². The normalized spacial score (nSPS) is 11.2. The first kappa shape index (κ1) is 16.2. The van der Waals surface area contributed by atoms with Crippen LogP contribution in [0.2, 0.25) is 4.47 Å². The van der Waals surface area contributed by atoms with Crippen molar-refractivity contribution in [2.75, 3.05) is 5.88 Å². The van der Waals surface area contributed by atoms with Crippen LogP contribution in [-0.4, -0.2) is 25.0 Å². The highest BCUT2D eigenvalue weighted by atomic mass is 35.5. The van der Waals surface area contributed by atoms with Gasteiger partial charge in [-0.05, 0) is 18.6 Å². The Morgan fingerprint density at radius 3 is 2.83 bits per heavy atom. The number of rotatable bonds is 5. The van der Waals surface area contributed by atoms with Crippen LogP contribution >= 0.6 is 34.5 Å². The van der Waals surface area contributed by atoms with Gasteiger partial charge in [0.15, 0.2) is 10.3 Å². The number of alkyl halides is 1. The molecule has 0 fully saturated rings. The van der Waals surface area contributed by atoms with Crippen LogP contribution in [0.15, 0.2) is 34.1 Å². The van der Waals surface area contributed by atoms with Gasteiger partial charge in [-0.2, -0.15) is 4.98 Å². The van der Waals surface area contributed by atoms with Crippen LogP contribution in [0.1, 0.15) is 11.3 Å². The fourth-order valence-corrected chi connectivity index (χ4v) is 3.38. The Morgan fingerprint density at radius 1 is 1.30 bits per heavy atom. The molecule has 2 aliphatic rings. The monoisotopic (exact) mass is 370 g/mol. The van der Waals surface area contributed by atoms with Gasteiger partial charge in [-0.25, -0.2) is 9.78 Å². The second-order valence-corrected chi connectivity index (χ2v) is 6.92. The smallest absolute Gasteiger partial charge is 0.327 e. The highest BCUT2D eigenvalue weighted by molar-refractivity contribution is 7.15. The van der Waals surface area contributed by atoms with E-state index in [4.69, 9.17) is 23.2 Å². The zero-order chi connectivity index (χ0) is 16.4. The Morgan fingerprint density at radius 2 is 2.13 bits per heavy atom. The lowest BCUT2D eigenvalue weighted by Crippen LogP contribution is -2.38. The summed E-state index contributed by atoms with van der Waals surface area (Å²) in [5.74, 6) is 0.735. The molecule has 3 rings (SSSR count). The van der Waals surface area contributed by atoms with E-state index >= 15 is 0 Å². The lowest BCUT2D eigenvalue weighted by Gasteiger charge is -2.14. The van der Waals surface area contributed by atoms with E-state index in [-0.39, 0.29) is 12.1 Å². The van der Waals surface area contributed by atoms with Gasteiger partial charge in [0.05, 0.1) is 12.1 Å². The SMILES string of the molecule is O=c1nc2n(Cc3cnc(Cl)s3)cccc-2c(=O)n1CCCCl. The zero-order valence-electron chi connectivity index (χ0n) is 11.9. The van der Waals surface area contributed by atoms with Crippen LogP contribution < -0.4 is 11.2 Å². The molecule has 0 radical (unpaired) electrons. The lowest BCUT2D eigenvalue weighted by molar-refractivity contribution is 0.611. The molecule has 1 aromatic heterocycles. The molecular weight excluding hydrogens is 359 g/mol. The molecule has 0 atom stereocenters. The van der Waals surface area contributed by atoms with E-state index in [9.17, 15) is 9.59 Å². The average Bonchev–Trinajstić information content (AvgIpc) is 2.93. The first-order chi connectivity index (χ1) is 11.1. The third-order valence-electron chi connectivity index (χ3n) is 3.32. The molecule has 1 aromatic rings.